The number of thiazole rings is 1. The van der Waals surface area contributed by atoms with E-state index >= 15 is 0 Å². The number of rotatable bonds is 5. The van der Waals surface area contributed by atoms with Gasteiger partial charge in [-0.15, -0.1) is 0 Å². The van der Waals surface area contributed by atoms with Crippen molar-refractivity contribution in [1.29, 1.82) is 0 Å². The lowest BCUT2D eigenvalue weighted by atomic mass is 10.1. The number of ether oxygens (including phenoxy) is 1. The first-order chi connectivity index (χ1) is 15.1. The van der Waals surface area contributed by atoms with Crippen LogP contribution in [0.2, 0.25) is 0 Å². The van der Waals surface area contributed by atoms with Gasteiger partial charge in [-0.2, -0.15) is 0 Å². The Morgan fingerprint density at radius 2 is 1.84 bits per heavy atom. The van der Waals surface area contributed by atoms with Crippen molar-refractivity contribution in [3.63, 3.8) is 0 Å². The molecule has 0 aliphatic heterocycles. The summed E-state index contributed by atoms with van der Waals surface area (Å²) in [6.07, 6.45) is 2.06. The molecule has 0 saturated carbocycles. The fraction of sp³-hybridized carbons (Fsp3) is 0.120. The summed E-state index contributed by atoms with van der Waals surface area (Å²) < 4.78 is 8.30. The predicted molar refractivity (Wildman–Crippen MR) is 125 cm³/mol. The number of amides is 1. The van der Waals surface area contributed by atoms with Crippen LogP contribution in [0.25, 0.3) is 26.4 Å². The van der Waals surface area contributed by atoms with Gasteiger partial charge in [-0.3, -0.25) is 9.20 Å². The quantitative estimate of drug-likeness (QED) is 0.405. The van der Waals surface area contributed by atoms with Crippen molar-refractivity contribution in [1.82, 2.24) is 14.7 Å². The SMILES string of the molecule is COc1ccc(CNC(=O)c2ccc3c(c2)sc2nc(-c4ccc(C)cc4)cn23)cc1. The van der Waals surface area contributed by atoms with Crippen molar-refractivity contribution in [2.24, 2.45) is 0 Å². The zero-order chi connectivity index (χ0) is 21.4. The molecule has 0 aliphatic rings. The van der Waals surface area contributed by atoms with Gasteiger partial charge in [-0.1, -0.05) is 53.3 Å². The maximum Gasteiger partial charge on any atom is 0.251 e. The van der Waals surface area contributed by atoms with Crippen molar-refractivity contribution >= 4 is 32.4 Å². The van der Waals surface area contributed by atoms with Crippen LogP contribution in [-0.2, 0) is 6.54 Å². The smallest absolute Gasteiger partial charge is 0.251 e. The van der Waals surface area contributed by atoms with Crippen LogP contribution in [0.4, 0.5) is 0 Å². The Labute approximate surface area is 183 Å². The number of benzene rings is 3. The third-order valence-corrected chi connectivity index (χ3v) is 6.33. The monoisotopic (exact) mass is 427 g/mol. The standard InChI is InChI=1S/C25H21N3O2S/c1-16-3-7-18(8-4-16)21-15-28-22-12-9-19(13-23(22)31-25(28)27-21)24(29)26-14-17-5-10-20(30-2)11-6-17/h3-13,15H,14H2,1-2H3,(H,26,29). The average molecular weight is 428 g/mol. The molecule has 0 bridgehead atoms. The van der Waals surface area contributed by atoms with Gasteiger partial charge >= 0.3 is 0 Å². The Morgan fingerprint density at radius 1 is 1.06 bits per heavy atom. The van der Waals surface area contributed by atoms with Crippen molar-refractivity contribution < 1.29 is 9.53 Å². The lowest BCUT2D eigenvalue weighted by Crippen LogP contribution is -2.22. The maximum absolute atomic E-state index is 12.7. The molecule has 2 aromatic heterocycles. The van der Waals surface area contributed by atoms with Gasteiger partial charge in [0.1, 0.15) is 5.75 Å². The van der Waals surface area contributed by atoms with Crippen molar-refractivity contribution in [2.45, 2.75) is 13.5 Å². The molecule has 6 heteroatoms. The number of hydrogen-bond donors (Lipinski definition) is 1. The molecule has 3 aromatic carbocycles. The zero-order valence-electron chi connectivity index (χ0n) is 17.3. The van der Waals surface area contributed by atoms with Gasteiger partial charge in [0.25, 0.3) is 5.91 Å². The Bertz CT molecular complexity index is 1380. The van der Waals surface area contributed by atoms with E-state index in [1.165, 1.54) is 5.56 Å². The van der Waals surface area contributed by atoms with E-state index in [9.17, 15) is 4.79 Å². The summed E-state index contributed by atoms with van der Waals surface area (Å²) in [5, 5.41) is 2.98. The van der Waals surface area contributed by atoms with Crippen LogP contribution in [0.1, 0.15) is 21.5 Å². The third kappa shape index (κ3) is 3.78. The minimum absolute atomic E-state index is 0.0934. The second-order valence-corrected chi connectivity index (χ2v) is 8.47. The van der Waals surface area contributed by atoms with Gasteiger partial charge < -0.3 is 10.1 Å². The molecule has 0 spiro atoms. The van der Waals surface area contributed by atoms with Gasteiger partial charge in [-0.05, 0) is 42.8 Å². The van der Waals surface area contributed by atoms with Crippen LogP contribution in [0.15, 0.2) is 72.9 Å². The summed E-state index contributed by atoms with van der Waals surface area (Å²) in [4.78, 5) is 18.4. The number of carbonyl (C=O) groups is 1. The summed E-state index contributed by atoms with van der Waals surface area (Å²) in [5.41, 5.74) is 6.00. The van der Waals surface area contributed by atoms with Gasteiger partial charge in [0.05, 0.1) is 23.0 Å². The maximum atomic E-state index is 12.7. The van der Waals surface area contributed by atoms with E-state index in [1.54, 1.807) is 18.4 Å². The second-order valence-electron chi connectivity index (χ2n) is 7.46. The molecule has 5 nitrogen and oxygen atoms in total. The van der Waals surface area contributed by atoms with Crippen LogP contribution in [0, 0.1) is 6.92 Å². The molecule has 0 atom stereocenters. The number of methoxy groups -OCH3 is 1. The molecule has 0 aliphatic carbocycles. The number of aromatic nitrogens is 2. The Morgan fingerprint density at radius 3 is 2.58 bits per heavy atom. The molecule has 0 saturated heterocycles. The van der Waals surface area contributed by atoms with Crippen LogP contribution in [0.5, 0.6) is 5.75 Å². The van der Waals surface area contributed by atoms with Crippen molar-refractivity contribution in [3.05, 3.63) is 89.6 Å². The second kappa shape index (κ2) is 7.89. The zero-order valence-corrected chi connectivity index (χ0v) is 18.1. The number of fused-ring (bicyclic) bond motifs is 3. The Hall–Kier alpha value is -3.64. The van der Waals surface area contributed by atoms with E-state index in [0.29, 0.717) is 12.1 Å². The van der Waals surface area contributed by atoms with E-state index in [1.807, 2.05) is 42.5 Å². The van der Waals surface area contributed by atoms with E-state index in [2.05, 4.69) is 47.1 Å². The van der Waals surface area contributed by atoms with E-state index < -0.39 is 0 Å². The minimum Gasteiger partial charge on any atom is -0.497 e. The fourth-order valence-corrected chi connectivity index (χ4v) is 4.58. The van der Waals surface area contributed by atoms with Crippen molar-refractivity contribution in [2.75, 3.05) is 7.11 Å². The Kier molecular flexibility index (Phi) is 4.92. The van der Waals surface area contributed by atoms with Crippen LogP contribution in [0.3, 0.4) is 0 Å². The molecule has 154 valence electrons. The summed E-state index contributed by atoms with van der Waals surface area (Å²) in [6.45, 7) is 2.54. The highest BCUT2D eigenvalue weighted by molar-refractivity contribution is 7.23. The van der Waals surface area contributed by atoms with E-state index in [-0.39, 0.29) is 5.91 Å². The number of nitrogens with one attached hydrogen (secondary N) is 1. The van der Waals surface area contributed by atoms with Crippen molar-refractivity contribution in [3.8, 4) is 17.0 Å². The van der Waals surface area contributed by atoms with Crippen LogP contribution in [-0.4, -0.2) is 22.4 Å². The number of imidazole rings is 1. The van der Waals surface area contributed by atoms with E-state index in [0.717, 1.165) is 37.7 Å². The molecule has 2 heterocycles. The fourth-order valence-electron chi connectivity index (χ4n) is 3.53. The highest BCUT2D eigenvalue weighted by Crippen LogP contribution is 2.30. The molecular weight excluding hydrogens is 406 g/mol. The summed E-state index contributed by atoms with van der Waals surface area (Å²) >= 11 is 1.59. The number of hydrogen-bond acceptors (Lipinski definition) is 4. The van der Waals surface area contributed by atoms with Crippen LogP contribution >= 0.6 is 11.3 Å². The summed E-state index contributed by atoms with van der Waals surface area (Å²) in [7, 11) is 1.64. The topological polar surface area (TPSA) is 55.6 Å². The summed E-state index contributed by atoms with van der Waals surface area (Å²) in [5.74, 6) is 0.706. The molecule has 0 unspecified atom stereocenters. The predicted octanol–water partition coefficient (Wildman–Crippen LogP) is 5.46. The highest BCUT2D eigenvalue weighted by atomic mass is 32.1. The molecule has 31 heavy (non-hydrogen) atoms. The molecule has 0 radical (unpaired) electrons. The lowest BCUT2D eigenvalue weighted by Gasteiger charge is -2.06. The first-order valence-electron chi connectivity index (χ1n) is 10.0. The number of aryl methyl sites for hydroxylation is 1. The molecule has 0 fully saturated rings. The third-order valence-electron chi connectivity index (χ3n) is 5.32. The Balaban J connectivity index is 1.36. The van der Waals surface area contributed by atoms with Gasteiger partial charge in [0.2, 0.25) is 0 Å². The molecule has 1 N–H and O–H groups in total. The number of carbonyl (C=O) groups excluding carboxylic acids is 1. The van der Waals surface area contributed by atoms with Gasteiger partial charge in [0.15, 0.2) is 4.96 Å². The normalized spacial score (nSPS) is 11.2. The average Bonchev–Trinajstić information content (AvgIpc) is 3.36. The number of nitrogens with zero attached hydrogens (tertiary/aromatic N) is 2. The lowest BCUT2D eigenvalue weighted by molar-refractivity contribution is 0.0951. The first kappa shape index (κ1) is 19.3. The van der Waals surface area contributed by atoms with E-state index in [4.69, 9.17) is 9.72 Å². The first-order valence-corrected chi connectivity index (χ1v) is 10.8. The van der Waals surface area contributed by atoms with Crippen LogP contribution < -0.4 is 10.1 Å². The highest BCUT2D eigenvalue weighted by Gasteiger charge is 2.13. The minimum atomic E-state index is -0.0934. The molecule has 1 amide bonds. The molecule has 5 rings (SSSR count). The largest absolute Gasteiger partial charge is 0.497 e. The molecule has 5 aromatic rings. The van der Waals surface area contributed by atoms with Gasteiger partial charge in [-0.25, -0.2) is 4.98 Å². The van der Waals surface area contributed by atoms with Gasteiger partial charge in [0, 0.05) is 23.9 Å². The summed E-state index contributed by atoms with van der Waals surface area (Å²) in [6, 6.07) is 21.8. The molecular formula is C25H21N3O2S.